The molecular formula is C11H15N3S. The third kappa shape index (κ3) is 4.22. The molecule has 0 amide bonds. The van der Waals surface area contributed by atoms with Crippen LogP contribution in [0.1, 0.15) is 19.5 Å². The minimum atomic E-state index is 0.406. The number of hydrogen-bond acceptors (Lipinski definition) is 4. The molecule has 0 saturated carbocycles. The fourth-order valence-electron chi connectivity index (χ4n) is 1.20. The van der Waals surface area contributed by atoms with E-state index in [9.17, 15) is 0 Å². The van der Waals surface area contributed by atoms with Crippen LogP contribution >= 0.6 is 11.8 Å². The van der Waals surface area contributed by atoms with E-state index in [1.54, 1.807) is 12.3 Å². The smallest absolute Gasteiger partial charge is 0.142 e. The van der Waals surface area contributed by atoms with Crippen molar-refractivity contribution in [1.82, 2.24) is 4.98 Å². The lowest BCUT2D eigenvalue weighted by molar-refractivity contribution is 0.912. The summed E-state index contributed by atoms with van der Waals surface area (Å²) in [6.45, 7) is 4.28. The maximum absolute atomic E-state index is 8.69. The summed E-state index contributed by atoms with van der Waals surface area (Å²) in [6.07, 6.45) is 1.65. The van der Waals surface area contributed by atoms with Crippen molar-refractivity contribution in [3.05, 3.63) is 24.0 Å². The lowest BCUT2D eigenvalue weighted by Gasteiger charge is -2.14. The SMILES string of the molecule is CCSCC(C)Nc1ccnc(C#N)c1. The summed E-state index contributed by atoms with van der Waals surface area (Å²) in [5.41, 5.74) is 1.42. The Labute approximate surface area is 94.9 Å². The third-order valence-corrected chi connectivity index (χ3v) is 3.00. The van der Waals surface area contributed by atoms with E-state index >= 15 is 0 Å². The van der Waals surface area contributed by atoms with Crippen molar-refractivity contribution in [2.45, 2.75) is 19.9 Å². The second-order valence-electron chi connectivity index (χ2n) is 3.25. The van der Waals surface area contributed by atoms with Gasteiger partial charge in [0.1, 0.15) is 11.8 Å². The Balaban J connectivity index is 2.53. The van der Waals surface area contributed by atoms with Crippen LogP contribution in [0.2, 0.25) is 0 Å². The van der Waals surface area contributed by atoms with Crippen molar-refractivity contribution in [1.29, 1.82) is 5.26 Å². The van der Waals surface area contributed by atoms with E-state index in [0.717, 1.165) is 17.2 Å². The number of nitriles is 1. The summed E-state index contributed by atoms with van der Waals surface area (Å²) in [4.78, 5) is 3.92. The number of thioether (sulfide) groups is 1. The van der Waals surface area contributed by atoms with Gasteiger partial charge in [0, 0.05) is 23.7 Å². The third-order valence-electron chi connectivity index (χ3n) is 1.86. The van der Waals surface area contributed by atoms with Gasteiger partial charge in [0.2, 0.25) is 0 Å². The predicted octanol–water partition coefficient (Wildman–Crippen LogP) is 2.51. The van der Waals surface area contributed by atoms with Crippen molar-refractivity contribution in [3.63, 3.8) is 0 Å². The number of aromatic nitrogens is 1. The second-order valence-corrected chi connectivity index (χ2v) is 4.57. The van der Waals surface area contributed by atoms with E-state index in [4.69, 9.17) is 5.26 Å². The standard InChI is InChI=1S/C11H15N3S/c1-3-15-8-9(2)14-10-4-5-13-11(6-10)7-12/h4-6,9H,3,8H2,1-2H3,(H,13,14). The van der Waals surface area contributed by atoms with Crippen LogP contribution < -0.4 is 5.32 Å². The number of rotatable bonds is 5. The molecule has 0 radical (unpaired) electrons. The normalized spacial score (nSPS) is 11.8. The van der Waals surface area contributed by atoms with E-state index in [1.807, 2.05) is 23.9 Å². The first kappa shape index (κ1) is 11.9. The molecule has 1 aromatic heterocycles. The highest BCUT2D eigenvalue weighted by Gasteiger charge is 2.02. The predicted molar refractivity (Wildman–Crippen MR) is 65.0 cm³/mol. The largest absolute Gasteiger partial charge is 0.382 e. The quantitative estimate of drug-likeness (QED) is 0.830. The van der Waals surface area contributed by atoms with Crippen molar-refractivity contribution >= 4 is 17.4 Å². The summed E-state index contributed by atoms with van der Waals surface area (Å²) in [5.74, 6) is 2.20. The summed E-state index contributed by atoms with van der Waals surface area (Å²) >= 11 is 1.90. The van der Waals surface area contributed by atoms with Gasteiger partial charge in [-0.1, -0.05) is 6.92 Å². The van der Waals surface area contributed by atoms with Crippen LogP contribution in [0.15, 0.2) is 18.3 Å². The molecule has 1 rings (SSSR count). The summed E-state index contributed by atoms with van der Waals surface area (Å²) in [6, 6.07) is 6.09. The summed E-state index contributed by atoms with van der Waals surface area (Å²) < 4.78 is 0. The molecule has 1 heterocycles. The van der Waals surface area contributed by atoms with E-state index in [2.05, 4.69) is 24.1 Å². The lowest BCUT2D eigenvalue weighted by Crippen LogP contribution is -2.18. The van der Waals surface area contributed by atoms with Crippen molar-refractivity contribution in [3.8, 4) is 6.07 Å². The molecule has 0 aliphatic heterocycles. The van der Waals surface area contributed by atoms with Crippen LogP contribution in [0.3, 0.4) is 0 Å². The molecule has 0 fully saturated rings. The van der Waals surface area contributed by atoms with Crippen LogP contribution in [0.25, 0.3) is 0 Å². The number of anilines is 1. The van der Waals surface area contributed by atoms with Crippen LogP contribution in [0.5, 0.6) is 0 Å². The summed E-state index contributed by atoms with van der Waals surface area (Å²) in [7, 11) is 0. The summed E-state index contributed by atoms with van der Waals surface area (Å²) in [5, 5.41) is 12.0. The van der Waals surface area contributed by atoms with Crippen LogP contribution in [0, 0.1) is 11.3 Å². The Morgan fingerprint density at radius 1 is 1.67 bits per heavy atom. The highest BCUT2D eigenvalue weighted by Crippen LogP contribution is 2.11. The number of nitrogens with zero attached hydrogens (tertiary/aromatic N) is 2. The monoisotopic (exact) mass is 221 g/mol. The van der Waals surface area contributed by atoms with Crippen molar-refractivity contribution in [2.24, 2.45) is 0 Å². The van der Waals surface area contributed by atoms with E-state index in [-0.39, 0.29) is 0 Å². The van der Waals surface area contributed by atoms with Gasteiger partial charge in [-0.25, -0.2) is 4.98 Å². The Morgan fingerprint density at radius 3 is 3.13 bits per heavy atom. The van der Waals surface area contributed by atoms with Gasteiger partial charge in [0.05, 0.1) is 0 Å². The van der Waals surface area contributed by atoms with Crippen LogP contribution in [0.4, 0.5) is 5.69 Å². The van der Waals surface area contributed by atoms with E-state index in [0.29, 0.717) is 11.7 Å². The van der Waals surface area contributed by atoms with Gasteiger partial charge in [0.25, 0.3) is 0 Å². The first-order valence-corrected chi connectivity index (χ1v) is 6.12. The van der Waals surface area contributed by atoms with Crippen molar-refractivity contribution < 1.29 is 0 Å². The highest BCUT2D eigenvalue weighted by atomic mass is 32.2. The molecular weight excluding hydrogens is 206 g/mol. The lowest BCUT2D eigenvalue weighted by atomic mass is 10.3. The molecule has 15 heavy (non-hydrogen) atoms. The molecule has 1 aromatic rings. The molecule has 0 aliphatic rings. The van der Waals surface area contributed by atoms with Gasteiger partial charge in [-0.15, -0.1) is 0 Å². The number of nitrogens with one attached hydrogen (secondary N) is 1. The minimum Gasteiger partial charge on any atom is -0.382 e. The molecule has 0 saturated heterocycles. The zero-order chi connectivity index (χ0) is 11.1. The van der Waals surface area contributed by atoms with Gasteiger partial charge < -0.3 is 5.32 Å². The fraction of sp³-hybridized carbons (Fsp3) is 0.455. The average Bonchev–Trinajstić information content (AvgIpc) is 2.26. The number of pyridine rings is 1. The van der Waals surface area contributed by atoms with Crippen molar-refractivity contribution in [2.75, 3.05) is 16.8 Å². The van der Waals surface area contributed by atoms with Gasteiger partial charge in [-0.2, -0.15) is 17.0 Å². The van der Waals surface area contributed by atoms with Gasteiger partial charge in [0.15, 0.2) is 0 Å². The molecule has 0 aliphatic carbocycles. The maximum atomic E-state index is 8.69. The molecule has 3 nitrogen and oxygen atoms in total. The molecule has 0 aromatic carbocycles. The average molecular weight is 221 g/mol. The molecule has 80 valence electrons. The topological polar surface area (TPSA) is 48.7 Å². The molecule has 1 atom stereocenters. The molecule has 1 unspecified atom stereocenters. The molecule has 1 N–H and O–H groups in total. The first-order chi connectivity index (χ1) is 7.26. The Morgan fingerprint density at radius 2 is 2.47 bits per heavy atom. The van der Waals surface area contributed by atoms with Gasteiger partial charge in [-0.3, -0.25) is 0 Å². The minimum absolute atomic E-state index is 0.406. The van der Waals surface area contributed by atoms with Crippen LogP contribution in [-0.2, 0) is 0 Å². The molecule has 0 bridgehead atoms. The van der Waals surface area contributed by atoms with Gasteiger partial charge in [-0.05, 0) is 24.8 Å². The first-order valence-electron chi connectivity index (χ1n) is 4.96. The van der Waals surface area contributed by atoms with E-state index < -0.39 is 0 Å². The van der Waals surface area contributed by atoms with E-state index in [1.165, 1.54) is 0 Å². The number of hydrogen-bond donors (Lipinski definition) is 1. The highest BCUT2D eigenvalue weighted by molar-refractivity contribution is 7.99. The second kappa shape index (κ2) is 6.31. The van der Waals surface area contributed by atoms with Gasteiger partial charge >= 0.3 is 0 Å². The fourth-order valence-corrected chi connectivity index (χ4v) is 1.87. The zero-order valence-electron chi connectivity index (χ0n) is 9.03. The van der Waals surface area contributed by atoms with Crippen LogP contribution in [-0.4, -0.2) is 22.5 Å². The Bertz CT molecular complexity index is 346. The Kier molecular flexibility index (Phi) is 4.99. The maximum Gasteiger partial charge on any atom is 0.142 e. The molecule has 4 heteroatoms. The zero-order valence-corrected chi connectivity index (χ0v) is 9.84. The Hall–Kier alpha value is -1.21. The molecule has 0 spiro atoms.